The van der Waals surface area contributed by atoms with Crippen LogP contribution in [-0.2, 0) is 4.79 Å². The highest BCUT2D eigenvalue weighted by molar-refractivity contribution is 7.99. The molecule has 2 heterocycles. The smallest absolute Gasteiger partial charge is 0.196 e. The molecule has 6 heteroatoms. The first-order valence-electron chi connectivity index (χ1n) is 7.67. The van der Waals surface area contributed by atoms with Crippen molar-refractivity contribution in [3.05, 3.63) is 47.8 Å². The lowest BCUT2D eigenvalue weighted by molar-refractivity contribution is -0.123. The number of nitrogens with zero attached hydrogens (tertiary/aromatic N) is 3. The molecule has 0 aliphatic heterocycles. The first kappa shape index (κ1) is 16.9. The van der Waals surface area contributed by atoms with Crippen LogP contribution in [0.1, 0.15) is 20.8 Å². The van der Waals surface area contributed by atoms with Crippen molar-refractivity contribution in [3.8, 4) is 16.4 Å². The molecule has 24 heavy (non-hydrogen) atoms. The van der Waals surface area contributed by atoms with Gasteiger partial charge in [-0.25, -0.2) is 0 Å². The van der Waals surface area contributed by atoms with E-state index in [-0.39, 0.29) is 11.2 Å². The largest absolute Gasteiger partial charge is 0.298 e. The van der Waals surface area contributed by atoms with E-state index in [2.05, 4.69) is 10.2 Å². The highest BCUT2D eigenvalue weighted by Gasteiger charge is 2.23. The van der Waals surface area contributed by atoms with Crippen LogP contribution in [-0.4, -0.2) is 26.3 Å². The summed E-state index contributed by atoms with van der Waals surface area (Å²) in [7, 11) is 0. The fourth-order valence-corrected chi connectivity index (χ4v) is 3.90. The molecule has 124 valence electrons. The second-order valence-electron chi connectivity index (χ2n) is 6.42. The maximum atomic E-state index is 12.2. The third-order valence-electron chi connectivity index (χ3n) is 3.56. The van der Waals surface area contributed by atoms with E-state index in [4.69, 9.17) is 0 Å². The first-order valence-corrected chi connectivity index (χ1v) is 9.54. The minimum Gasteiger partial charge on any atom is -0.298 e. The average Bonchev–Trinajstić information content (AvgIpc) is 3.21. The Morgan fingerprint density at radius 2 is 1.88 bits per heavy atom. The van der Waals surface area contributed by atoms with Crippen LogP contribution in [0.3, 0.4) is 0 Å². The second-order valence-corrected chi connectivity index (χ2v) is 8.31. The number of thiophene rings is 1. The normalized spacial score (nSPS) is 11.6. The third-order valence-corrected chi connectivity index (χ3v) is 5.35. The molecule has 0 fully saturated rings. The van der Waals surface area contributed by atoms with Crippen molar-refractivity contribution >= 4 is 28.9 Å². The molecule has 3 aromatic rings. The molecule has 0 bridgehead atoms. The van der Waals surface area contributed by atoms with Gasteiger partial charge in [-0.05, 0) is 23.6 Å². The Labute approximate surface area is 149 Å². The zero-order chi connectivity index (χ0) is 17.2. The average molecular weight is 358 g/mol. The van der Waals surface area contributed by atoms with Gasteiger partial charge in [0.05, 0.1) is 10.6 Å². The van der Waals surface area contributed by atoms with E-state index in [1.165, 1.54) is 11.8 Å². The van der Waals surface area contributed by atoms with Gasteiger partial charge in [-0.3, -0.25) is 9.36 Å². The molecule has 0 amide bonds. The van der Waals surface area contributed by atoms with Gasteiger partial charge in [0, 0.05) is 11.1 Å². The summed E-state index contributed by atoms with van der Waals surface area (Å²) in [6.07, 6.45) is 0. The zero-order valence-electron chi connectivity index (χ0n) is 13.9. The van der Waals surface area contributed by atoms with Crippen LogP contribution in [0.2, 0.25) is 0 Å². The lowest BCUT2D eigenvalue weighted by Crippen LogP contribution is -2.22. The van der Waals surface area contributed by atoms with Crippen molar-refractivity contribution in [3.63, 3.8) is 0 Å². The molecule has 0 N–H and O–H groups in total. The second kappa shape index (κ2) is 6.91. The van der Waals surface area contributed by atoms with Crippen molar-refractivity contribution < 1.29 is 4.79 Å². The molecule has 0 aliphatic rings. The van der Waals surface area contributed by atoms with E-state index in [1.54, 1.807) is 11.3 Å². The van der Waals surface area contributed by atoms with E-state index in [0.717, 1.165) is 21.5 Å². The number of aromatic nitrogens is 3. The van der Waals surface area contributed by atoms with E-state index >= 15 is 0 Å². The number of ketones is 1. The fraction of sp³-hybridized carbons (Fsp3) is 0.278. The van der Waals surface area contributed by atoms with Crippen LogP contribution in [0.5, 0.6) is 0 Å². The number of hydrogen-bond donors (Lipinski definition) is 0. The molecule has 2 aromatic heterocycles. The van der Waals surface area contributed by atoms with Crippen LogP contribution in [0, 0.1) is 5.41 Å². The van der Waals surface area contributed by atoms with Crippen molar-refractivity contribution in [2.75, 3.05) is 5.75 Å². The molecule has 4 nitrogen and oxygen atoms in total. The van der Waals surface area contributed by atoms with Gasteiger partial charge in [0.25, 0.3) is 0 Å². The van der Waals surface area contributed by atoms with Gasteiger partial charge in [-0.1, -0.05) is 56.8 Å². The number of thioether (sulfide) groups is 1. The van der Waals surface area contributed by atoms with Gasteiger partial charge >= 0.3 is 0 Å². The minimum atomic E-state index is -0.346. The number of Topliss-reactive ketones (excluding diaryl/α,β-unsaturated/α-hetero) is 1. The van der Waals surface area contributed by atoms with Crippen molar-refractivity contribution in [2.24, 2.45) is 5.41 Å². The summed E-state index contributed by atoms with van der Waals surface area (Å²) in [4.78, 5) is 13.3. The first-order chi connectivity index (χ1) is 11.5. The van der Waals surface area contributed by atoms with Crippen LogP contribution >= 0.6 is 23.1 Å². The van der Waals surface area contributed by atoms with Gasteiger partial charge in [0.1, 0.15) is 5.78 Å². The standard InChI is InChI=1S/C18H19N3OS2/c1-18(2,3)15(22)12-24-17-20-19-16(14-10-7-11-23-14)21(17)13-8-5-4-6-9-13/h4-11H,12H2,1-3H3. The van der Waals surface area contributed by atoms with Gasteiger partial charge < -0.3 is 0 Å². The van der Waals surface area contributed by atoms with E-state index < -0.39 is 0 Å². The van der Waals surface area contributed by atoms with Crippen LogP contribution in [0.15, 0.2) is 53.0 Å². The van der Waals surface area contributed by atoms with Gasteiger partial charge in [0.2, 0.25) is 0 Å². The molecular formula is C18H19N3OS2. The Hall–Kier alpha value is -1.92. The van der Waals surface area contributed by atoms with E-state index in [1.807, 2.05) is 73.2 Å². The van der Waals surface area contributed by atoms with Gasteiger partial charge in [-0.15, -0.1) is 21.5 Å². The molecule has 3 rings (SSSR count). The van der Waals surface area contributed by atoms with E-state index in [9.17, 15) is 4.79 Å². The number of hydrogen-bond acceptors (Lipinski definition) is 5. The van der Waals surface area contributed by atoms with Crippen molar-refractivity contribution in [1.82, 2.24) is 14.8 Å². The third kappa shape index (κ3) is 3.60. The summed E-state index contributed by atoms with van der Waals surface area (Å²) in [5.41, 5.74) is 0.651. The van der Waals surface area contributed by atoms with Crippen LogP contribution in [0.25, 0.3) is 16.4 Å². The fourth-order valence-electron chi connectivity index (χ4n) is 2.09. The lowest BCUT2D eigenvalue weighted by atomic mass is 9.92. The number of rotatable bonds is 5. The number of carbonyl (C=O) groups excluding carboxylic acids is 1. The molecule has 0 unspecified atom stereocenters. The molecule has 0 atom stereocenters. The molecule has 0 radical (unpaired) electrons. The predicted molar refractivity (Wildman–Crippen MR) is 99.9 cm³/mol. The lowest BCUT2D eigenvalue weighted by Gasteiger charge is -2.16. The summed E-state index contributed by atoms with van der Waals surface area (Å²) in [5.74, 6) is 1.40. The molecule has 0 spiro atoms. The summed E-state index contributed by atoms with van der Waals surface area (Å²) in [6.45, 7) is 5.82. The predicted octanol–water partition coefficient (Wildman–Crippen LogP) is 4.70. The number of para-hydroxylation sites is 1. The minimum absolute atomic E-state index is 0.202. The zero-order valence-corrected chi connectivity index (χ0v) is 15.5. The number of carbonyl (C=O) groups is 1. The van der Waals surface area contributed by atoms with Crippen molar-refractivity contribution in [1.29, 1.82) is 0 Å². The summed E-state index contributed by atoms with van der Waals surface area (Å²) < 4.78 is 2.02. The highest BCUT2D eigenvalue weighted by Crippen LogP contribution is 2.31. The van der Waals surface area contributed by atoms with Gasteiger partial charge in [-0.2, -0.15) is 0 Å². The SMILES string of the molecule is CC(C)(C)C(=O)CSc1nnc(-c2cccs2)n1-c1ccccc1. The summed E-state index contributed by atoms with van der Waals surface area (Å²) in [6, 6.07) is 14.0. The van der Waals surface area contributed by atoms with Crippen LogP contribution in [0.4, 0.5) is 0 Å². The molecular weight excluding hydrogens is 338 g/mol. The van der Waals surface area contributed by atoms with Gasteiger partial charge in [0.15, 0.2) is 11.0 Å². The molecule has 0 aliphatic carbocycles. The topological polar surface area (TPSA) is 47.8 Å². The number of benzene rings is 1. The summed E-state index contributed by atoms with van der Waals surface area (Å²) in [5, 5.41) is 11.5. The van der Waals surface area contributed by atoms with Crippen molar-refractivity contribution in [2.45, 2.75) is 25.9 Å². The molecule has 0 saturated heterocycles. The Morgan fingerprint density at radius 1 is 1.12 bits per heavy atom. The Kier molecular flexibility index (Phi) is 4.87. The maximum Gasteiger partial charge on any atom is 0.196 e. The Bertz CT molecular complexity index is 818. The monoisotopic (exact) mass is 357 g/mol. The van der Waals surface area contributed by atoms with Crippen LogP contribution < -0.4 is 0 Å². The maximum absolute atomic E-state index is 12.2. The summed E-state index contributed by atoms with van der Waals surface area (Å²) >= 11 is 3.07. The Morgan fingerprint density at radius 3 is 2.50 bits per heavy atom. The Balaban J connectivity index is 1.97. The molecule has 0 saturated carbocycles. The van der Waals surface area contributed by atoms with E-state index in [0.29, 0.717) is 5.75 Å². The highest BCUT2D eigenvalue weighted by atomic mass is 32.2. The molecule has 1 aromatic carbocycles. The quantitative estimate of drug-likeness (QED) is 0.621.